The van der Waals surface area contributed by atoms with Crippen molar-refractivity contribution in [2.45, 2.75) is 25.0 Å². The van der Waals surface area contributed by atoms with Crippen molar-refractivity contribution in [3.63, 3.8) is 0 Å². The van der Waals surface area contributed by atoms with Gasteiger partial charge in [-0.1, -0.05) is 11.8 Å². The summed E-state index contributed by atoms with van der Waals surface area (Å²) in [5, 5.41) is 7.96. The van der Waals surface area contributed by atoms with E-state index >= 15 is 0 Å². The second-order valence-electron chi connectivity index (χ2n) is 5.50. The van der Waals surface area contributed by atoms with E-state index in [1.165, 1.54) is 6.07 Å². The maximum absolute atomic E-state index is 14.1. The van der Waals surface area contributed by atoms with Gasteiger partial charge in [-0.3, -0.25) is 9.59 Å². The molecule has 2 unspecified atom stereocenters. The van der Waals surface area contributed by atoms with E-state index in [0.717, 1.165) is 31.2 Å². The standard InChI is InChI=1S/C15H18FN3O3S/c16-11-6-9(18-14(20)13-8-23-15(21)19-13)3-4-12(11)17-7-10-2-1-5-22-10/h3-4,6,10,13,17H,1-2,5,7-8H2,(H,18,20)(H,19,21). The van der Waals surface area contributed by atoms with Crippen LogP contribution in [-0.2, 0) is 9.53 Å². The summed E-state index contributed by atoms with van der Waals surface area (Å²) < 4.78 is 19.6. The van der Waals surface area contributed by atoms with Crippen molar-refractivity contribution in [3.05, 3.63) is 24.0 Å². The van der Waals surface area contributed by atoms with Crippen molar-refractivity contribution < 1.29 is 18.7 Å². The van der Waals surface area contributed by atoms with Gasteiger partial charge in [-0.25, -0.2) is 4.39 Å². The molecule has 2 saturated heterocycles. The van der Waals surface area contributed by atoms with Gasteiger partial charge < -0.3 is 20.7 Å². The third kappa shape index (κ3) is 4.14. The molecule has 1 aromatic carbocycles. The van der Waals surface area contributed by atoms with Crippen LogP contribution in [0.3, 0.4) is 0 Å². The van der Waals surface area contributed by atoms with Gasteiger partial charge in [-0.05, 0) is 31.0 Å². The number of anilines is 2. The van der Waals surface area contributed by atoms with Gasteiger partial charge in [0, 0.05) is 24.6 Å². The molecule has 2 heterocycles. The van der Waals surface area contributed by atoms with Gasteiger partial charge in [-0.2, -0.15) is 0 Å². The summed E-state index contributed by atoms with van der Waals surface area (Å²) in [5.74, 6) is -0.401. The average molecular weight is 339 g/mol. The van der Waals surface area contributed by atoms with E-state index in [9.17, 15) is 14.0 Å². The fraction of sp³-hybridized carbons (Fsp3) is 0.467. The topological polar surface area (TPSA) is 79.5 Å². The fourth-order valence-corrected chi connectivity index (χ4v) is 3.30. The lowest BCUT2D eigenvalue weighted by molar-refractivity contribution is -0.117. The van der Waals surface area contributed by atoms with E-state index in [2.05, 4.69) is 16.0 Å². The van der Waals surface area contributed by atoms with E-state index in [1.54, 1.807) is 12.1 Å². The van der Waals surface area contributed by atoms with Gasteiger partial charge in [-0.15, -0.1) is 0 Å². The first-order valence-corrected chi connectivity index (χ1v) is 8.49. The van der Waals surface area contributed by atoms with Crippen molar-refractivity contribution in [2.24, 2.45) is 0 Å². The van der Waals surface area contributed by atoms with Crippen LogP contribution in [-0.4, -0.2) is 42.2 Å². The molecule has 2 amide bonds. The predicted molar refractivity (Wildman–Crippen MR) is 87.3 cm³/mol. The van der Waals surface area contributed by atoms with Gasteiger partial charge in [0.15, 0.2) is 0 Å². The lowest BCUT2D eigenvalue weighted by Gasteiger charge is -2.14. The monoisotopic (exact) mass is 339 g/mol. The van der Waals surface area contributed by atoms with Crippen LogP contribution in [0.1, 0.15) is 12.8 Å². The van der Waals surface area contributed by atoms with Crippen molar-refractivity contribution in [1.29, 1.82) is 0 Å². The Morgan fingerprint density at radius 2 is 2.35 bits per heavy atom. The van der Waals surface area contributed by atoms with Crippen molar-refractivity contribution >= 4 is 34.3 Å². The Bertz CT molecular complexity index is 608. The third-order valence-corrected chi connectivity index (χ3v) is 4.65. The van der Waals surface area contributed by atoms with E-state index in [0.29, 0.717) is 23.7 Å². The Morgan fingerprint density at radius 3 is 3.00 bits per heavy atom. The van der Waals surface area contributed by atoms with Crippen molar-refractivity contribution in [3.8, 4) is 0 Å². The van der Waals surface area contributed by atoms with Crippen molar-refractivity contribution in [1.82, 2.24) is 5.32 Å². The van der Waals surface area contributed by atoms with Crippen LogP contribution in [0, 0.1) is 5.82 Å². The summed E-state index contributed by atoms with van der Waals surface area (Å²) in [6, 6.07) is 3.90. The molecule has 3 rings (SSSR count). The van der Waals surface area contributed by atoms with Gasteiger partial charge in [0.1, 0.15) is 11.9 Å². The second-order valence-corrected chi connectivity index (χ2v) is 6.49. The summed E-state index contributed by atoms with van der Waals surface area (Å²) >= 11 is 1.06. The SMILES string of the molecule is O=C1NC(C(=O)Nc2ccc(NCC3CCCO3)c(F)c2)CS1. The Hall–Kier alpha value is -1.80. The Kier molecular flexibility index (Phi) is 5.02. The molecule has 124 valence electrons. The molecule has 2 fully saturated rings. The number of hydrogen-bond donors (Lipinski definition) is 3. The van der Waals surface area contributed by atoms with E-state index < -0.39 is 11.9 Å². The Morgan fingerprint density at radius 1 is 1.48 bits per heavy atom. The normalized spacial score (nSPS) is 23.6. The Balaban J connectivity index is 1.55. The molecule has 2 aliphatic heterocycles. The second kappa shape index (κ2) is 7.18. The average Bonchev–Trinajstić information content (AvgIpc) is 3.18. The zero-order chi connectivity index (χ0) is 16.2. The van der Waals surface area contributed by atoms with Crippen LogP contribution in [0.25, 0.3) is 0 Å². The van der Waals surface area contributed by atoms with Gasteiger partial charge in [0.25, 0.3) is 5.24 Å². The van der Waals surface area contributed by atoms with Gasteiger partial charge in [0.05, 0.1) is 11.8 Å². The molecular weight excluding hydrogens is 321 g/mol. The lowest BCUT2D eigenvalue weighted by atomic mass is 10.2. The number of carbonyl (C=O) groups excluding carboxylic acids is 2. The maximum Gasteiger partial charge on any atom is 0.279 e. The number of hydrogen-bond acceptors (Lipinski definition) is 5. The molecule has 0 spiro atoms. The largest absolute Gasteiger partial charge is 0.380 e. The first-order chi connectivity index (χ1) is 11.1. The summed E-state index contributed by atoms with van der Waals surface area (Å²) in [4.78, 5) is 23.0. The molecule has 2 atom stereocenters. The van der Waals surface area contributed by atoms with Crippen LogP contribution in [0.2, 0.25) is 0 Å². The number of nitrogens with one attached hydrogen (secondary N) is 3. The Labute approximate surface area is 137 Å². The predicted octanol–water partition coefficient (Wildman–Crippen LogP) is 2.18. The molecule has 3 N–H and O–H groups in total. The lowest BCUT2D eigenvalue weighted by Crippen LogP contribution is -2.38. The minimum absolute atomic E-state index is 0.122. The molecule has 8 heteroatoms. The highest BCUT2D eigenvalue weighted by Gasteiger charge is 2.28. The highest BCUT2D eigenvalue weighted by molar-refractivity contribution is 8.14. The highest BCUT2D eigenvalue weighted by Crippen LogP contribution is 2.21. The van der Waals surface area contributed by atoms with E-state index in [-0.39, 0.29) is 17.3 Å². The van der Waals surface area contributed by atoms with E-state index in [1.807, 2.05) is 0 Å². The molecule has 6 nitrogen and oxygen atoms in total. The van der Waals surface area contributed by atoms with Crippen LogP contribution in [0.4, 0.5) is 20.6 Å². The summed E-state index contributed by atoms with van der Waals surface area (Å²) in [7, 11) is 0. The zero-order valence-electron chi connectivity index (χ0n) is 12.4. The first kappa shape index (κ1) is 16.1. The maximum atomic E-state index is 14.1. The molecule has 0 aromatic heterocycles. The van der Waals surface area contributed by atoms with Crippen molar-refractivity contribution in [2.75, 3.05) is 29.5 Å². The molecule has 2 aliphatic rings. The zero-order valence-corrected chi connectivity index (χ0v) is 13.2. The minimum atomic E-state index is -0.576. The summed E-state index contributed by atoms with van der Waals surface area (Å²) in [6.07, 6.45) is 2.14. The first-order valence-electron chi connectivity index (χ1n) is 7.51. The number of ether oxygens (including phenoxy) is 1. The third-order valence-electron chi connectivity index (χ3n) is 3.77. The van der Waals surface area contributed by atoms with Crippen LogP contribution in [0.5, 0.6) is 0 Å². The number of amides is 2. The molecule has 0 bridgehead atoms. The molecule has 0 saturated carbocycles. The fourth-order valence-electron chi connectivity index (χ4n) is 2.52. The van der Waals surface area contributed by atoms with Gasteiger partial charge in [0.2, 0.25) is 5.91 Å². The molecule has 0 radical (unpaired) electrons. The van der Waals surface area contributed by atoms with E-state index in [4.69, 9.17) is 4.74 Å². The highest BCUT2D eigenvalue weighted by atomic mass is 32.2. The minimum Gasteiger partial charge on any atom is -0.380 e. The quantitative estimate of drug-likeness (QED) is 0.766. The molecule has 1 aromatic rings. The van der Waals surface area contributed by atoms with Crippen LogP contribution in [0.15, 0.2) is 18.2 Å². The number of halogens is 1. The number of benzene rings is 1. The van der Waals surface area contributed by atoms with Crippen LogP contribution >= 0.6 is 11.8 Å². The number of carbonyl (C=O) groups is 2. The smallest absolute Gasteiger partial charge is 0.279 e. The molecule has 23 heavy (non-hydrogen) atoms. The molecular formula is C15H18FN3O3S. The number of rotatable bonds is 5. The number of thioether (sulfide) groups is 1. The van der Waals surface area contributed by atoms with Gasteiger partial charge >= 0.3 is 0 Å². The van der Waals surface area contributed by atoms with Crippen LogP contribution < -0.4 is 16.0 Å². The summed E-state index contributed by atoms with van der Waals surface area (Å²) in [5.41, 5.74) is 0.740. The molecule has 0 aliphatic carbocycles. The summed E-state index contributed by atoms with van der Waals surface area (Å²) in [6.45, 7) is 1.32.